The lowest BCUT2D eigenvalue weighted by atomic mass is 10.1. The molecule has 0 aliphatic carbocycles. The number of likely N-dealkylation sites (N-methyl/N-ethyl adjacent to an activating group) is 1. The van der Waals surface area contributed by atoms with Crippen LogP contribution in [-0.2, 0) is 21.2 Å². The number of benzene rings is 1. The molecule has 0 saturated carbocycles. The SMILES string of the molecule is CCS(=O)(=O)N(C)CC(=O)N[C@H](C)CCc1ccccc1. The van der Waals surface area contributed by atoms with Crippen LogP contribution in [-0.4, -0.2) is 44.0 Å². The Bertz CT molecular complexity index is 543. The van der Waals surface area contributed by atoms with Gasteiger partial charge in [-0.25, -0.2) is 8.42 Å². The summed E-state index contributed by atoms with van der Waals surface area (Å²) >= 11 is 0. The number of sulfonamides is 1. The minimum atomic E-state index is -3.31. The number of carbonyl (C=O) groups excluding carboxylic acids is 1. The van der Waals surface area contributed by atoms with Crippen LogP contribution in [0, 0.1) is 0 Å². The maximum absolute atomic E-state index is 11.8. The molecule has 118 valence electrons. The first-order valence-electron chi connectivity index (χ1n) is 7.12. The highest BCUT2D eigenvalue weighted by atomic mass is 32.2. The highest BCUT2D eigenvalue weighted by Gasteiger charge is 2.18. The molecule has 0 aromatic heterocycles. The summed E-state index contributed by atoms with van der Waals surface area (Å²) in [5.41, 5.74) is 1.23. The van der Waals surface area contributed by atoms with E-state index in [0.717, 1.165) is 17.1 Å². The summed E-state index contributed by atoms with van der Waals surface area (Å²) in [6.45, 7) is 3.35. The Hall–Kier alpha value is -1.40. The van der Waals surface area contributed by atoms with E-state index < -0.39 is 10.0 Å². The third-order valence-electron chi connectivity index (χ3n) is 3.32. The molecule has 0 aliphatic rings. The van der Waals surface area contributed by atoms with Gasteiger partial charge in [-0.15, -0.1) is 0 Å². The molecule has 0 heterocycles. The second-order valence-corrected chi connectivity index (χ2v) is 7.51. The average molecular weight is 312 g/mol. The quantitative estimate of drug-likeness (QED) is 0.789. The molecule has 1 rings (SSSR count). The van der Waals surface area contributed by atoms with E-state index in [9.17, 15) is 13.2 Å². The van der Waals surface area contributed by atoms with Gasteiger partial charge in [-0.1, -0.05) is 30.3 Å². The van der Waals surface area contributed by atoms with Crippen molar-refractivity contribution in [3.8, 4) is 0 Å². The van der Waals surface area contributed by atoms with E-state index in [2.05, 4.69) is 17.4 Å². The number of nitrogens with one attached hydrogen (secondary N) is 1. The Balaban J connectivity index is 2.37. The lowest BCUT2D eigenvalue weighted by Gasteiger charge is -2.18. The van der Waals surface area contributed by atoms with Crippen molar-refractivity contribution in [3.05, 3.63) is 35.9 Å². The number of nitrogens with zero attached hydrogens (tertiary/aromatic N) is 1. The Morgan fingerprint density at radius 1 is 1.29 bits per heavy atom. The van der Waals surface area contributed by atoms with E-state index in [1.807, 2.05) is 25.1 Å². The number of aryl methyl sites for hydroxylation is 1. The number of hydrogen-bond donors (Lipinski definition) is 1. The van der Waals surface area contributed by atoms with Crippen LogP contribution in [0.1, 0.15) is 25.8 Å². The molecule has 1 amide bonds. The summed E-state index contributed by atoms with van der Waals surface area (Å²) in [6, 6.07) is 10.1. The number of carbonyl (C=O) groups is 1. The Morgan fingerprint density at radius 2 is 1.90 bits per heavy atom. The fraction of sp³-hybridized carbons (Fsp3) is 0.533. The molecule has 1 aromatic rings. The van der Waals surface area contributed by atoms with E-state index in [0.29, 0.717) is 0 Å². The van der Waals surface area contributed by atoms with Crippen LogP contribution in [0.25, 0.3) is 0 Å². The zero-order valence-corrected chi connectivity index (χ0v) is 13.7. The number of rotatable bonds is 8. The van der Waals surface area contributed by atoms with Gasteiger partial charge in [-0.05, 0) is 32.3 Å². The standard InChI is InChI=1S/C15H24N2O3S/c1-4-21(19,20)17(3)12-15(18)16-13(2)10-11-14-8-6-5-7-9-14/h5-9,13H,4,10-12H2,1-3H3,(H,16,18)/t13-/m1/s1. The predicted octanol–water partition coefficient (Wildman–Crippen LogP) is 1.41. The summed E-state index contributed by atoms with van der Waals surface area (Å²) in [5, 5.41) is 2.83. The fourth-order valence-electron chi connectivity index (χ4n) is 1.94. The van der Waals surface area contributed by atoms with Gasteiger partial charge in [-0.3, -0.25) is 4.79 Å². The van der Waals surface area contributed by atoms with Gasteiger partial charge in [-0.2, -0.15) is 4.31 Å². The third kappa shape index (κ3) is 6.27. The summed E-state index contributed by atoms with van der Waals surface area (Å²) in [7, 11) is -1.89. The predicted molar refractivity (Wildman–Crippen MR) is 84.5 cm³/mol. The molecule has 1 atom stereocenters. The lowest BCUT2D eigenvalue weighted by Crippen LogP contribution is -2.42. The minimum absolute atomic E-state index is 0.000338. The monoisotopic (exact) mass is 312 g/mol. The zero-order valence-electron chi connectivity index (χ0n) is 12.9. The molecule has 6 heteroatoms. The van der Waals surface area contributed by atoms with Crippen molar-refractivity contribution in [2.24, 2.45) is 0 Å². The first-order chi connectivity index (χ1) is 9.85. The van der Waals surface area contributed by atoms with Gasteiger partial charge in [0.2, 0.25) is 15.9 Å². The zero-order chi connectivity index (χ0) is 15.9. The largest absolute Gasteiger partial charge is 0.352 e. The van der Waals surface area contributed by atoms with Crippen LogP contribution >= 0.6 is 0 Å². The number of hydrogen-bond acceptors (Lipinski definition) is 3. The first kappa shape index (κ1) is 17.7. The van der Waals surface area contributed by atoms with Crippen molar-refractivity contribution in [1.29, 1.82) is 0 Å². The number of amides is 1. The molecule has 0 fully saturated rings. The third-order valence-corrected chi connectivity index (χ3v) is 5.13. The highest BCUT2D eigenvalue weighted by Crippen LogP contribution is 2.05. The van der Waals surface area contributed by atoms with Crippen molar-refractivity contribution in [2.45, 2.75) is 32.7 Å². The van der Waals surface area contributed by atoms with Crippen molar-refractivity contribution in [3.63, 3.8) is 0 Å². The molecule has 1 aromatic carbocycles. The van der Waals surface area contributed by atoms with E-state index >= 15 is 0 Å². The van der Waals surface area contributed by atoms with E-state index in [1.54, 1.807) is 6.92 Å². The summed E-state index contributed by atoms with van der Waals surface area (Å²) in [5.74, 6) is -0.268. The average Bonchev–Trinajstić information content (AvgIpc) is 2.46. The van der Waals surface area contributed by atoms with Crippen LogP contribution in [0.4, 0.5) is 0 Å². The molecule has 0 spiro atoms. The van der Waals surface area contributed by atoms with Gasteiger partial charge < -0.3 is 5.32 Å². The maximum atomic E-state index is 11.8. The first-order valence-corrected chi connectivity index (χ1v) is 8.73. The van der Waals surface area contributed by atoms with Crippen molar-refractivity contribution < 1.29 is 13.2 Å². The summed E-state index contributed by atoms with van der Waals surface area (Å²) in [4.78, 5) is 11.8. The minimum Gasteiger partial charge on any atom is -0.352 e. The highest BCUT2D eigenvalue weighted by molar-refractivity contribution is 7.89. The van der Waals surface area contributed by atoms with Crippen molar-refractivity contribution in [2.75, 3.05) is 19.3 Å². The van der Waals surface area contributed by atoms with Crippen LogP contribution in [0.2, 0.25) is 0 Å². The maximum Gasteiger partial charge on any atom is 0.235 e. The lowest BCUT2D eigenvalue weighted by molar-refractivity contribution is -0.121. The Labute approximate surface area is 127 Å². The fourth-order valence-corrected chi connectivity index (χ4v) is 2.70. The molecule has 0 bridgehead atoms. The van der Waals surface area contributed by atoms with Crippen LogP contribution in [0.5, 0.6) is 0 Å². The van der Waals surface area contributed by atoms with Crippen LogP contribution < -0.4 is 5.32 Å². The van der Waals surface area contributed by atoms with E-state index in [1.165, 1.54) is 12.6 Å². The Kier molecular flexibility index (Phi) is 6.84. The molecule has 21 heavy (non-hydrogen) atoms. The molecule has 1 N–H and O–H groups in total. The van der Waals surface area contributed by atoms with Crippen LogP contribution in [0.3, 0.4) is 0 Å². The summed E-state index contributed by atoms with van der Waals surface area (Å²) < 4.78 is 24.2. The van der Waals surface area contributed by atoms with Gasteiger partial charge in [0.05, 0.1) is 12.3 Å². The van der Waals surface area contributed by atoms with Gasteiger partial charge in [0, 0.05) is 13.1 Å². The van der Waals surface area contributed by atoms with Gasteiger partial charge >= 0.3 is 0 Å². The molecular weight excluding hydrogens is 288 g/mol. The van der Waals surface area contributed by atoms with Gasteiger partial charge in [0.25, 0.3) is 0 Å². The molecule has 0 radical (unpaired) electrons. The molecule has 0 unspecified atom stereocenters. The van der Waals surface area contributed by atoms with Crippen molar-refractivity contribution in [1.82, 2.24) is 9.62 Å². The Morgan fingerprint density at radius 3 is 2.48 bits per heavy atom. The van der Waals surface area contributed by atoms with E-state index in [4.69, 9.17) is 0 Å². The normalized spacial score (nSPS) is 13.1. The smallest absolute Gasteiger partial charge is 0.235 e. The van der Waals surface area contributed by atoms with Crippen molar-refractivity contribution >= 4 is 15.9 Å². The van der Waals surface area contributed by atoms with Crippen LogP contribution in [0.15, 0.2) is 30.3 Å². The molecule has 0 saturated heterocycles. The second-order valence-electron chi connectivity index (χ2n) is 5.15. The van der Waals surface area contributed by atoms with Gasteiger partial charge in [0.15, 0.2) is 0 Å². The second kappa shape index (κ2) is 8.14. The topological polar surface area (TPSA) is 66.5 Å². The molecule has 5 nitrogen and oxygen atoms in total. The molecular formula is C15H24N2O3S. The van der Waals surface area contributed by atoms with E-state index in [-0.39, 0.29) is 24.2 Å². The summed E-state index contributed by atoms with van der Waals surface area (Å²) in [6.07, 6.45) is 1.70. The molecule has 0 aliphatic heterocycles. The van der Waals surface area contributed by atoms with Gasteiger partial charge in [0.1, 0.15) is 0 Å².